The van der Waals surface area contributed by atoms with Crippen molar-refractivity contribution in [3.8, 4) is 0 Å². The van der Waals surface area contributed by atoms with Gasteiger partial charge in [0, 0.05) is 12.7 Å². The Balaban J connectivity index is 2.12. The number of rotatable bonds is 1. The topological polar surface area (TPSA) is 34.1 Å². The Bertz CT molecular complexity index is 344. The predicted octanol–water partition coefficient (Wildman–Crippen LogP) is 1.76. The molecule has 6 heteroatoms. The molecule has 0 aliphatic carbocycles. The summed E-state index contributed by atoms with van der Waals surface area (Å²) in [4.78, 5) is 3.81. The van der Waals surface area contributed by atoms with Gasteiger partial charge in [0.15, 0.2) is 0 Å². The van der Waals surface area contributed by atoms with Crippen LogP contribution < -0.4 is 5.32 Å². The number of ether oxygens (including phenoxy) is 1. The van der Waals surface area contributed by atoms with Gasteiger partial charge >= 0.3 is 6.18 Å². The Morgan fingerprint density at radius 1 is 1.38 bits per heavy atom. The van der Waals surface area contributed by atoms with E-state index in [1.54, 1.807) is 0 Å². The van der Waals surface area contributed by atoms with Crippen LogP contribution in [-0.2, 0) is 10.9 Å². The van der Waals surface area contributed by atoms with Gasteiger partial charge in [-0.05, 0) is 12.1 Å². The number of hydrogen-bond acceptors (Lipinski definition) is 3. The van der Waals surface area contributed by atoms with E-state index < -0.39 is 11.7 Å². The SMILES string of the molecule is FC(F)(F)c1ccc([C@H]2COCCN2)nc1. The molecule has 0 bridgehead atoms. The van der Waals surface area contributed by atoms with Crippen molar-refractivity contribution in [1.29, 1.82) is 0 Å². The van der Waals surface area contributed by atoms with E-state index >= 15 is 0 Å². The molecule has 1 atom stereocenters. The van der Waals surface area contributed by atoms with Crippen LogP contribution in [0.5, 0.6) is 0 Å². The van der Waals surface area contributed by atoms with Crippen LogP contribution in [0, 0.1) is 0 Å². The van der Waals surface area contributed by atoms with Crippen LogP contribution in [0.2, 0.25) is 0 Å². The molecular weight excluding hydrogens is 221 g/mol. The van der Waals surface area contributed by atoms with E-state index in [2.05, 4.69) is 10.3 Å². The van der Waals surface area contributed by atoms with Gasteiger partial charge in [-0.25, -0.2) is 0 Å². The van der Waals surface area contributed by atoms with E-state index in [4.69, 9.17) is 4.74 Å². The highest BCUT2D eigenvalue weighted by atomic mass is 19.4. The Kier molecular flexibility index (Phi) is 3.11. The molecule has 2 heterocycles. The average Bonchev–Trinajstić information content (AvgIpc) is 2.29. The lowest BCUT2D eigenvalue weighted by molar-refractivity contribution is -0.137. The number of hydrogen-bond donors (Lipinski definition) is 1. The van der Waals surface area contributed by atoms with Gasteiger partial charge in [0.25, 0.3) is 0 Å². The smallest absolute Gasteiger partial charge is 0.378 e. The highest BCUT2D eigenvalue weighted by Gasteiger charge is 2.31. The van der Waals surface area contributed by atoms with E-state index in [0.29, 0.717) is 25.5 Å². The van der Waals surface area contributed by atoms with Crippen molar-refractivity contribution in [2.75, 3.05) is 19.8 Å². The molecule has 0 saturated carbocycles. The molecule has 1 aliphatic rings. The predicted molar refractivity (Wildman–Crippen MR) is 50.8 cm³/mol. The maximum absolute atomic E-state index is 12.3. The fraction of sp³-hybridized carbons (Fsp3) is 0.500. The van der Waals surface area contributed by atoms with Crippen molar-refractivity contribution in [2.24, 2.45) is 0 Å². The highest BCUT2D eigenvalue weighted by Crippen LogP contribution is 2.29. The monoisotopic (exact) mass is 232 g/mol. The zero-order valence-electron chi connectivity index (χ0n) is 8.42. The molecule has 16 heavy (non-hydrogen) atoms. The molecule has 0 amide bonds. The van der Waals surface area contributed by atoms with E-state index in [0.717, 1.165) is 12.3 Å². The Labute approximate surface area is 90.6 Å². The van der Waals surface area contributed by atoms with Crippen LogP contribution in [0.3, 0.4) is 0 Å². The van der Waals surface area contributed by atoms with Crippen molar-refractivity contribution in [2.45, 2.75) is 12.2 Å². The molecule has 1 aromatic heterocycles. The molecule has 0 aromatic carbocycles. The number of morpholine rings is 1. The number of pyridine rings is 1. The maximum atomic E-state index is 12.3. The van der Waals surface area contributed by atoms with Gasteiger partial charge in [-0.3, -0.25) is 4.98 Å². The van der Waals surface area contributed by atoms with Crippen LogP contribution in [0.1, 0.15) is 17.3 Å². The summed E-state index contributed by atoms with van der Waals surface area (Å²) >= 11 is 0. The largest absolute Gasteiger partial charge is 0.417 e. The summed E-state index contributed by atoms with van der Waals surface area (Å²) in [5.41, 5.74) is -0.152. The second kappa shape index (κ2) is 4.39. The normalized spacial score (nSPS) is 22.1. The minimum atomic E-state index is -4.33. The van der Waals surface area contributed by atoms with Crippen molar-refractivity contribution in [1.82, 2.24) is 10.3 Å². The number of alkyl halides is 3. The van der Waals surface area contributed by atoms with Crippen molar-refractivity contribution in [3.63, 3.8) is 0 Å². The van der Waals surface area contributed by atoms with Gasteiger partial charge in [-0.1, -0.05) is 0 Å². The van der Waals surface area contributed by atoms with E-state index in [-0.39, 0.29) is 6.04 Å². The summed E-state index contributed by atoms with van der Waals surface area (Å²) in [5.74, 6) is 0. The Hall–Kier alpha value is -1.14. The lowest BCUT2D eigenvalue weighted by Gasteiger charge is -2.23. The molecule has 3 nitrogen and oxygen atoms in total. The third-order valence-electron chi connectivity index (χ3n) is 2.39. The fourth-order valence-corrected chi connectivity index (χ4v) is 1.53. The molecule has 88 valence electrons. The van der Waals surface area contributed by atoms with Crippen LogP contribution >= 0.6 is 0 Å². The minimum absolute atomic E-state index is 0.115. The van der Waals surface area contributed by atoms with Crippen LogP contribution in [0.25, 0.3) is 0 Å². The first-order valence-corrected chi connectivity index (χ1v) is 4.91. The van der Waals surface area contributed by atoms with Crippen LogP contribution in [0.15, 0.2) is 18.3 Å². The Morgan fingerprint density at radius 3 is 2.69 bits per heavy atom. The first-order chi connectivity index (χ1) is 7.57. The number of nitrogens with zero attached hydrogens (tertiary/aromatic N) is 1. The van der Waals surface area contributed by atoms with Gasteiger partial charge in [0.05, 0.1) is 30.5 Å². The van der Waals surface area contributed by atoms with E-state index in [9.17, 15) is 13.2 Å². The van der Waals surface area contributed by atoms with Crippen molar-refractivity contribution >= 4 is 0 Å². The summed E-state index contributed by atoms with van der Waals surface area (Å²) in [7, 11) is 0. The number of nitrogens with one attached hydrogen (secondary N) is 1. The van der Waals surface area contributed by atoms with Gasteiger partial charge in [-0.15, -0.1) is 0 Å². The molecular formula is C10H11F3N2O. The molecule has 1 N–H and O–H groups in total. The number of aromatic nitrogens is 1. The summed E-state index contributed by atoms with van der Waals surface area (Å²) in [5, 5.41) is 3.12. The number of halogens is 3. The second-order valence-electron chi connectivity index (χ2n) is 3.55. The van der Waals surface area contributed by atoms with Gasteiger partial charge < -0.3 is 10.1 Å². The average molecular weight is 232 g/mol. The fourth-order valence-electron chi connectivity index (χ4n) is 1.53. The minimum Gasteiger partial charge on any atom is -0.378 e. The van der Waals surface area contributed by atoms with Gasteiger partial charge in [0.1, 0.15) is 0 Å². The van der Waals surface area contributed by atoms with Crippen LogP contribution in [-0.4, -0.2) is 24.7 Å². The molecule has 1 aromatic rings. The molecule has 1 aliphatic heterocycles. The highest BCUT2D eigenvalue weighted by molar-refractivity contribution is 5.19. The van der Waals surface area contributed by atoms with E-state index in [1.807, 2.05) is 0 Å². The first-order valence-electron chi connectivity index (χ1n) is 4.91. The Morgan fingerprint density at radius 2 is 2.19 bits per heavy atom. The maximum Gasteiger partial charge on any atom is 0.417 e. The van der Waals surface area contributed by atoms with Crippen LogP contribution in [0.4, 0.5) is 13.2 Å². The molecule has 0 spiro atoms. The van der Waals surface area contributed by atoms with Crippen molar-refractivity contribution in [3.05, 3.63) is 29.6 Å². The zero-order valence-corrected chi connectivity index (χ0v) is 8.42. The van der Waals surface area contributed by atoms with Crippen molar-refractivity contribution < 1.29 is 17.9 Å². The molecule has 1 saturated heterocycles. The lowest BCUT2D eigenvalue weighted by atomic mass is 10.1. The van der Waals surface area contributed by atoms with Gasteiger partial charge in [0.2, 0.25) is 0 Å². The molecule has 0 radical (unpaired) electrons. The summed E-state index contributed by atoms with van der Waals surface area (Å²) in [6.07, 6.45) is -3.48. The summed E-state index contributed by atoms with van der Waals surface area (Å²) in [6, 6.07) is 2.31. The third kappa shape index (κ3) is 2.51. The third-order valence-corrected chi connectivity index (χ3v) is 2.39. The zero-order chi connectivity index (χ0) is 11.6. The summed E-state index contributed by atoms with van der Waals surface area (Å²) < 4.78 is 42.1. The quantitative estimate of drug-likeness (QED) is 0.801. The molecule has 2 rings (SSSR count). The second-order valence-corrected chi connectivity index (χ2v) is 3.55. The summed E-state index contributed by atoms with van der Waals surface area (Å²) in [6.45, 7) is 1.75. The standard InChI is InChI=1S/C10H11F3N2O/c11-10(12,13)7-1-2-8(15-5-7)9-6-16-4-3-14-9/h1-2,5,9,14H,3-4,6H2/t9-/m1/s1. The molecule has 0 unspecified atom stereocenters. The van der Waals surface area contributed by atoms with E-state index in [1.165, 1.54) is 6.07 Å². The lowest BCUT2D eigenvalue weighted by Crippen LogP contribution is -2.35. The van der Waals surface area contributed by atoms with Gasteiger partial charge in [-0.2, -0.15) is 13.2 Å². The first kappa shape index (κ1) is 11.3. The molecule has 1 fully saturated rings.